The van der Waals surface area contributed by atoms with Crippen molar-refractivity contribution in [2.75, 3.05) is 20.6 Å². The van der Waals surface area contributed by atoms with Crippen LogP contribution in [0.4, 0.5) is 0 Å². The molecular weight excluding hydrogens is 304 g/mol. The van der Waals surface area contributed by atoms with E-state index >= 15 is 0 Å². The SMILES string of the molecule is Cc1cccc(C(=O)N2Cc3ccnn3[C@@H](CC(=O)N(C)C)C2)c1. The second-order valence-electron chi connectivity index (χ2n) is 6.47. The van der Waals surface area contributed by atoms with Gasteiger partial charge in [0, 0.05) is 32.4 Å². The molecule has 0 saturated carbocycles. The molecule has 6 nitrogen and oxygen atoms in total. The van der Waals surface area contributed by atoms with Crippen molar-refractivity contribution < 1.29 is 9.59 Å². The van der Waals surface area contributed by atoms with Crippen molar-refractivity contribution in [1.82, 2.24) is 19.6 Å². The van der Waals surface area contributed by atoms with Gasteiger partial charge in [-0.2, -0.15) is 5.10 Å². The first kappa shape index (κ1) is 16.2. The zero-order valence-corrected chi connectivity index (χ0v) is 14.3. The highest BCUT2D eigenvalue weighted by Gasteiger charge is 2.30. The fourth-order valence-corrected chi connectivity index (χ4v) is 3.04. The molecular formula is C18H22N4O2. The van der Waals surface area contributed by atoms with E-state index in [1.165, 1.54) is 0 Å². The van der Waals surface area contributed by atoms with Gasteiger partial charge in [0.05, 0.1) is 24.7 Å². The van der Waals surface area contributed by atoms with Crippen molar-refractivity contribution in [2.24, 2.45) is 0 Å². The number of hydrogen-bond donors (Lipinski definition) is 0. The molecule has 0 fully saturated rings. The number of amides is 2. The number of hydrogen-bond acceptors (Lipinski definition) is 3. The zero-order valence-electron chi connectivity index (χ0n) is 14.3. The molecule has 1 atom stereocenters. The molecule has 1 aromatic carbocycles. The number of aromatic nitrogens is 2. The predicted molar refractivity (Wildman–Crippen MR) is 90.5 cm³/mol. The lowest BCUT2D eigenvalue weighted by Gasteiger charge is -2.34. The first-order valence-corrected chi connectivity index (χ1v) is 8.04. The van der Waals surface area contributed by atoms with Crippen LogP contribution in [0.2, 0.25) is 0 Å². The molecule has 0 saturated heterocycles. The molecule has 2 heterocycles. The molecule has 24 heavy (non-hydrogen) atoms. The van der Waals surface area contributed by atoms with E-state index < -0.39 is 0 Å². The molecule has 1 aliphatic heterocycles. The number of fused-ring (bicyclic) bond motifs is 1. The summed E-state index contributed by atoms with van der Waals surface area (Å²) in [7, 11) is 3.48. The highest BCUT2D eigenvalue weighted by Crippen LogP contribution is 2.25. The van der Waals surface area contributed by atoms with Crippen LogP contribution in [0.25, 0.3) is 0 Å². The molecule has 0 unspecified atom stereocenters. The standard InChI is InChI=1S/C18H22N4O2/c1-13-5-4-6-14(9-13)18(24)21-11-15-7-8-19-22(15)16(12-21)10-17(23)20(2)3/h4-9,16H,10-12H2,1-3H3/t16-/m0/s1. The van der Waals surface area contributed by atoms with Gasteiger partial charge in [-0.05, 0) is 25.1 Å². The van der Waals surface area contributed by atoms with Crippen molar-refractivity contribution in [3.05, 3.63) is 53.3 Å². The van der Waals surface area contributed by atoms with Crippen LogP contribution in [0.3, 0.4) is 0 Å². The highest BCUT2D eigenvalue weighted by molar-refractivity contribution is 5.94. The number of rotatable bonds is 3. The van der Waals surface area contributed by atoms with Crippen LogP contribution in [-0.2, 0) is 11.3 Å². The smallest absolute Gasteiger partial charge is 0.254 e. The number of benzene rings is 1. The van der Waals surface area contributed by atoms with E-state index in [1.54, 1.807) is 30.1 Å². The Labute approximate surface area is 141 Å². The van der Waals surface area contributed by atoms with Crippen LogP contribution >= 0.6 is 0 Å². The van der Waals surface area contributed by atoms with E-state index in [0.29, 0.717) is 25.1 Å². The van der Waals surface area contributed by atoms with Crippen LogP contribution in [0.5, 0.6) is 0 Å². The third-order valence-corrected chi connectivity index (χ3v) is 4.34. The Kier molecular flexibility index (Phi) is 4.38. The Morgan fingerprint density at radius 2 is 2.08 bits per heavy atom. The summed E-state index contributed by atoms with van der Waals surface area (Å²) in [5, 5.41) is 4.34. The van der Waals surface area contributed by atoms with E-state index in [0.717, 1.165) is 11.3 Å². The van der Waals surface area contributed by atoms with Crippen LogP contribution in [-0.4, -0.2) is 52.0 Å². The molecule has 2 amide bonds. The fourth-order valence-electron chi connectivity index (χ4n) is 3.04. The Hall–Kier alpha value is -2.63. The minimum atomic E-state index is -0.132. The molecule has 0 radical (unpaired) electrons. The number of aryl methyl sites for hydroxylation is 1. The maximum absolute atomic E-state index is 12.8. The van der Waals surface area contributed by atoms with Gasteiger partial charge in [0.2, 0.25) is 5.91 Å². The van der Waals surface area contributed by atoms with Crippen LogP contribution in [0, 0.1) is 6.92 Å². The van der Waals surface area contributed by atoms with Crippen molar-refractivity contribution in [3.63, 3.8) is 0 Å². The van der Waals surface area contributed by atoms with Crippen molar-refractivity contribution in [1.29, 1.82) is 0 Å². The molecule has 0 aliphatic carbocycles. The second kappa shape index (κ2) is 6.47. The van der Waals surface area contributed by atoms with E-state index in [1.807, 2.05) is 41.9 Å². The summed E-state index contributed by atoms with van der Waals surface area (Å²) < 4.78 is 1.88. The van der Waals surface area contributed by atoms with Crippen LogP contribution < -0.4 is 0 Å². The summed E-state index contributed by atoms with van der Waals surface area (Å²) in [4.78, 5) is 28.3. The van der Waals surface area contributed by atoms with Crippen LogP contribution in [0.1, 0.15) is 34.1 Å². The monoisotopic (exact) mass is 326 g/mol. The Balaban J connectivity index is 1.84. The normalized spacial score (nSPS) is 16.6. The van der Waals surface area contributed by atoms with E-state index in [2.05, 4.69) is 5.10 Å². The maximum atomic E-state index is 12.8. The third kappa shape index (κ3) is 3.18. The summed E-state index contributed by atoms with van der Waals surface area (Å²) in [5.74, 6) is 0.0276. The van der Waals surface area contributed by atoms with Gasteiger partial charge in [-0.25, -0.2) is 0 Å². The lowest BCUT2D eigenvalue weighted by molar-refractivity contribution is -0.129. The summed E-state index contributed by atoms with van der Waals surface area (Å²) in [5.41, 5.74) is 2.70. The Morgan fingerprint density at radius 1 is 1.29 bits per heavy atom. The average molecular weight is 326 g/mol. The van der Waals surface area contributed by atoms with E-state index in [4.69, 9.17) is 0 Å². The second-order valence-corrected chi connectivity index (χ2v) is 6.47. The first-order chi connectivity index (χ1) is 11.5. The summed E-state index contributed by atoms with van der Waals surface area (Å²) in [6.07, 6.45) is 2.06. The predicted octanol–water partition coefficient (Wildman–Crippen LogP) is 1.87. The molecule has 1 aliphatic rings. The Morgan fingerprint density at radius 3 is 2.79 bits per heavy atom. The lowest BCUT2D eigenvalue weighted by atomic mass is 10.1. The summed E-state index contributed by atoms with van der Waals surface area (Å²) in [6, 6.07) is 9.37. The molecule has 0 spiro atoms. The van der Waals surface area contributed by atoms with E-state index in [-0.39, 0.29) is 17.9 Å². The first-order valence-electron chi connectivity index (χ1n) is 8.04. The van der Waals surface area contributed by atoms with Crippen molar-refractivity contribution in [2.45, 2.75) is 25.9 Å². The molecule has 2 aromatic rings. The lowest BCUT2D eigenvalue weighted by Crippen LogP contribution is -2.42. The number of carbonyl (C=O) groups excluding carboxylic acids is 2. The number of nitrogens with zero attached hydrogens (tertiary/aromatic N) is 4. The Bertz CT molecular complexity index is 766. The van der Waals surface area contributed by atoms with Crippen molar-refractivity contribution in [3.8, 4) is 0 Å². The van der Waals surface area contributed by atoms with Gasteiger partial charge in [0.25, 0.3) is 5.91 Å². The minimum Gasteiger partial charge on any atom is -0.349 e. The quantitative estimate of drug-likeness (QED) is 0.865. The summed E-state index contributed by atoms with van der Waals surface area (Å²) in [6.45, 7) is 2.97. The van der Waals surface area contributed by atoms with Crippen molar-refractivity contribution >= 4 is 11.8 Å². The fraction of sp³-hybridized carbons (Fsp3) is 0.389. The van der Waals surface area contributed by atoms with Gasteiger partial charge >= 0.3 is 0 Å². The average Bonchev–Trinajstić information content (AvgIpc) is 3.02. The van der Waals surface area contributed by atoms with Gasteiger partial charge in [0.1, 0.15) is 0 Å². The molecule has 0 bridgehead atoms. The molecule has 1 aromatic heterocycles. The third-order valence-electron chi connectivity index (χ3n) is 4.34. The molecule has 0 N–H and O–H groups in total. The highest BCUT2D eigenvalue weighted by atomic mass is 16.2. The van der Waals surface area contributed by atoms with Gasteiger partial charge in [-0.3, -0.25) is 14.3 Å². The van der Waals surface area contributed by atoms with Gasteiger partial charge in [0.15, 0.2) is 0 Å². The van der Waals surface area contributed by atoms with E-state index in [9.17, 15) is 9.59 Å². The molecule has 3 rings (SSSR count). The topological polar surface area (TPSA) is 58.4 Å². The molecule has 6 heteroatoms. The summed E-state index contributed by atoms with van der Waals surface area (Å²) >= 11 is 0. The molecule has 126 valence electrons. The van der Waals surface area contributed by atoms with Gasteiger partial charge in [-0.1, -0.05) is 17.7 Å². The van der Waals surface area contributed by atoms with Crippen LogP contribution in [0.15, 0.2) is 36.5 Å². The maximum Gasteiger partial charge on any atom is 0.254 e. The largest absolute Gasteiger partial charge is 0.349 e. The minimum absolute atomic E-state index is 0.00606. The van der Waals surface area contributed by atoms with Gasteiger partial charge in [-0.15, -0.1) is 0 Å². The zero-order chi connectivity index (χ0) is 17.3. The number of carbonyl (C=O) groups is 2. The van der Waals surface area contributed by atoms with Gasteiger partial charge < -0.3 is 9.80 Å².